The Balaban J connectivity index is 1.11. The standard InChI is InChI=1S/C60H39NO/c1-2-13-40(14-3-1)42-25-28-44(29-26-42)60-55(56-38-47-17-6-7-18-50(47)51-19-8-9-20-52(51)56)22-12-23-57(60)61(49-35-36-54-53-21-10-11-24-58(53)62-59(54)39-49)48-33-31-43(32-34-48)46-30-27-41-15-4-5-16-45(41)37-46/h1-39H. The minimum Gasteiger partial charge on any atom is -0.456 e. The second-order valence-electron chi connectivity index (χ2n) is 16.1. The molecule has 0 bridgehead atoms. The van der Waals surface area contributed by atoms with Crippen LogP contribution in [0, 0.1) is 0 Å². The number of fused-ring (bicyclic) bond motifs is 7. The summed E-state index contributed by atoms with van der Waals surface area (Å²) in [6.07, 6.45) is 0. The molecule has 0 atom stereocenters. The number of anilines is 3. The summed E-state index contributed by atoms with van der Waals surface area (Å²) in [5.74, 6) is 0. The van der Waals surface area contributed by atoms with Gasteiger partial charge < -0.3 is 9.32 Å². The van der Waals surface area contributed by atoms with E-state index in [9.17, 15) is 0 Å². The smallest absolute Gasteiger partial charge is 0.137 e. The van der Waals surface area contributed by atoms with E-state index < -0.39 is 0 Å². The number of para-hydroxylation sites is 1. The number of rotatable bonds is 7. The summed E-state index contributed by atoms with van der Waals surface area (Å²) in [5.41, 5.74) is 14.2. The molecular formula is C60H39NO. The summed E-state index contributed by atoms with van der Waals surface area (Å²) in [4.78, 5) is 2.41. The Labute approximate surface area is 360 Å². The predicted octanol–water partition coefficient (Wildman–Crippen LogP) is 17.2. The number of furan rings is 1. The van der Waals surface area contributed by atoms with Gasteiger partial charge in [0.25, 0.3) is 0 Å². The van der Waals surface area contributed by atoms with Crippen LogP contribution in [0.1, 0.15) is 0 Å². The van der Waals surface area contributed by atoms with Gasteiger partial charge in [-0.1, -0.05) is 182 Å². The summed E-state index contributed by atoms with van der Waals surface area (Å²) >= 11 is 0. The quantitative estimate of drug-likeness (QED) is 0.150. The average Bonchev–Trinajstić information content (AvgIpc) is 3.72. The number of benzene rings is 11. The van der Waals surface area contributed by atoms with E-state index in [1.165, 1.54) is 65.7 Å². The van der Waals surface area contributed by atoms with Crippen LogP contribution in [-0.4, -0.2) is 0 Å². The molecule has 0 unspecified atom stereocenters. The molecule has 2 heteroatoms. The zero-order chi connectivity index (χ0) is 41.0. The lowest BCUT2D eigenvalue weighted by atomic mass is 9.87. The number of nitrogens with zero attached hydrogens (tertiary/aromatic N) is 1. The van der Waals surface area contributed by atoms with Gasteiger partial charge in [-0.3, -0.25) is 0 Å². The molecule has 0 amide bonds. The Morgan fingerprint density at radius 3 is 1.68 bits per heavy atom. The first kappa shape index (κ1) is 35.7. The molecule has 0 N–H and O–H groups in total. The van der Waals surface area contributed by atoms with E-state index in [0.29, 0.717) is 0 Å². The van der Waals surface area contributed by atoms with Crippen molar-refractivity contribution >= 4 is 71.3 Å². The minimum absolute atomic E-state index is 0.854. The molecule has 0 spiro atoms. The Kier molecular flexibility index (Phi) is 8.53. The van der Waals surface area contributed by atoms with Crippen molar-refractivity contribution in [2.24, 2.45) is 0 Å². The molecule has 0 aliphatic carbocycles. The van der Waals surface area contributed by atoms with Crippen LogP contribution >= 0.6 is 0 Å². The van der Waals surface area contributed by atoms with Crippen LogP contribution in [-0.2, 0) is 0 Å². The lowest BCUT2D eigenvalue weighted by molar-refractivity contribution is 0.669. The van der Waals surface area contributed by atoms with E-state index in [4.69, 9.17) is 4.42 Å². The van der Waals surface area contributed by atoms with Gasteiger partial charge in [-0.25, -0.2) is 0 Å². The monoisotopic (exact) mass is 789 g/mol. The molecule has 0 fully saturated rings. The highest BCUT2D eigenvalue weighted by Gasteiger charge is 2.23. The van der Waals surface area contributed by atoms with E-state index in [1.807, 2.05) is 12.1 Å². The zero-order valence-corrected chi connectivity index (χ0v) is 33.9. The SMILES string of the molecule is c1ccc(-c2ccc(-c3c(-c4cc5ccccc5c5ccccc45)cccc3N(c3ccc(-c4ccc5ccccc5c4)cc3)c3ccc4c(c3)oc3ccccc34)cc2)cc1. The van der Waals surface area contributed by atoms with Gasteiger partial charge >= 0.3 is 0 Å². The van der Waals surface area contributed by atoms with Crippen molar-refractivity contribution in [2.45, 2.75) is 0 Å². The third kappa shape index (κ3) is 6.12. The summed E-state index contributed by atoms with van der Waals surface area (Å²) in [6, 6.07) is 85.7. The summed E-state index contributed by atoms with van der Waals surface area (Å²) < 4.78 is 6.55. The Bertz CT molecular complexity index is 3620. The van der Waals surface area contributed by atoms with Gasteiger partial charge in [-0.15, -0.1) is 0 Å². The molecule has 0 aliphatic rings. The maximum Gasteiger partial charge on any atom is 0.137 e. The summed E-state index contributed by atoms with van der Waals surface area (Å²) in [5, 5.41) is 9.62. The topological polar surface area (TPSA) is 16.4 Å². The lowest BCUT2D eigenvalue weighted by Crippen LogP contribution is -2.12. The van der Waals surface area contributed by atoms with Crippen molar-refractivity contribution < 1.29 is 4.42 Å². The van der Waals surface area contributed by atoms with Crippen LogP contribution in [0.3, 0.4) is 0 Å². The Morgan fingerprint density at radius 1 is 0.274 bits per heavy atom. The Hall–Kier alpha value is -8.20. The van der Waals surface area contributed by atoms with Crippen molar-refractivity contribution in [3.05, 3.63) is 237 Å². The van der Waals surface area contributed by atoms with E-state index in [2.05, 4.69) is 229 Å². The zero-order valence-electron chi connectivity index (χ0n) is 33.9. The highest BCUT2D eigenvalue weighted by molar-refractivity contribution is 6.16. The van der Waals surface area contributed by atoms with Gasteiger partial charge in [0.1, 0.15) is 11.2 Å². The molecule has 0 saturated heterocycles. The van der Waals surface area contributed by atoms with Gasteiger partial charge in [0.05, 0.1) is 5.69 Å². The molecule has 1 heterocycles. The highest BCUT2D eigenvalue weighted by atomic mass is 16.3. The number of hydrogen-bond acceptors (Lipinski definition) is 2. The normalized spacial score (nSPS) is 11.5. The summed E-state index contributed by atoms with van der Waals surface area (Å²) in [7, 11) is 0. The first-order chi connectivity index (χ1) is 30.7. The average molecular weight is 790 g/mol. The van der Waals surface area contributed by atoms with Crippen molar-refractivity contribution in [3.8, 4) is 44.5 Å². The second-order valence-corrected chi connectivity index (χ2v) is 16.1. The molecule has 12 rings (SSSR count). The fourth-order valence-corrected chi connectivity index (χ4v) is 9.44. The summed E-state index contributed by atoms with van der Waals surface area (Å²) in [6.45, 7) is 0. The van der Waals surface area contributed by atoms with Crippen molar-refractivity contribution in [1.29, 1.82) is 0 Å². The van der Waals surface area contributed by atoms with Gasteiger partial charge in [0.15, 0.2) is 0 Å². The van der Waals surface area contributed by atoms with Crippen LogP contribution in [0.2, 0.25) is 0 Å². The van der Waals surface area contributed by atoms with E-state index in [-0.39, 0.29) is 0 Å². The molecule has 0 aliphatic heterocycles. The third-order valence-electron chi connectivity index (χ3n) is 12.5. The molecule has 0 radical (unpaired) electrons. The van der Waals surface area contributed by atoms with Gasteiger partial charge in [-0.2, -0.15) is 0 Å². The molecule has 290 valence electrons. The van der Waals surface area contributed by atoms with E-state index in [0.717, 1.165) is 50.1 Å². The maximum atomic E-state index is 6.55. The van der Waals surface area contributed by atoms with Gasteiger partial charge in [0, 0.05) is 33.8 Å². The van der Waals surface area contributed by atoms with E-state index >= 15 is 0 Å². The molecule has 2 nitrogen and oxygen atoms in total. The van der Waals surface area contributed by atoms with Crippen LogP contribution < -0.4 is 4.90 Å². The van der Waals surface area contributed by atoms with Crippen LogP contribution in [0.4, 0.5) is 17.1 Å². The molecule has 62 heavy (non-hydrogen) atoms. The molecule has 0 saturated carbocycles. The number of hydrogen-bond donors (Lipinski definition) is 0. The van der Waals surface area contributed by atoms with Crippen molar-refractivity contribution in [3.63, 3.8) is 0 Å². The van der Waals surface area contributed by atoms with Crippen molar-refractivity contribution in [1.82, 2.24) is 0 Å². The predicted molar refractivity (Wildman–Crippen MR) is 263 cm³/mol. The highest BCUT2D eigenvalue weighted by Crippen LogP contribution is 2.49. The van der Waals surface area contributed by atoms with Gasteiger partial charge in [0.2, 0.25) is 0 Å². The second kappa shape index (κ2) is 14.8. The Morgan fingerprint density at radius 2 is 0.855 bits per heavy atom. The fourth-order valence-electron chi connectivity index (χ4n) is 9.44. The first-order valence-electron chi connectivity index (χ1n) is 21.2. The molecule has 1 aromatic heterocycles. The third-order valence-corrected chi connectivity index (χ3v) is 12.5. The van der Waals surface area contributed by atoms with Crippen molar-refractivity contribution in [2.75, 3.05) is 4.90 Å². The van der Waals surface area contributed by atoms with E-state index in [1.54, 1.807) is 0 Å². The first-order valence-corrected chi connectivity index (χ1v) is 21.2. The van der Waals surface area contributed by atoms with Crippen LogP contribution in [0.15, 0.2) is 241 Å². The van der Waals surface area contributed by atoms with Crippen LogP contribution in [0.5, 0.6) is 0 Å². The van der Waals surface area contributed by atoms with Gasteiger partial charge in [-0.05, 0) is 120 Å². The maximum absolute atomic E-state index is 6.55. The lowest BCUT2D eigenvalue weighted by Gasteiger charge is -2.29. The molecular weight excluding hydrogens is 751 g/mol. The molecule has 12 aromatic rings. The molecule has 11 aromatic carbocycles. The fraction of sp³-hybridized carbons (Fsp3) is 0. The minimum atomic E-state index is 0.854. The largest absolute Gasteiger partial charge is 0.456 e. The van der Waals surface area contributed by atoms with Crippen LogP contribution in [0.25, 0.3) is 98.8 Å².